The van der Waals surface area contributed by atoms with Gasteiger partial charge in [-0.15, -0.1) is 0 Å². The standard InChI is InChI=1S/C47H56N2O15/c1-22-14-13-15-23(2)45(57)49-36-30(20-48-62-21-31(46(58)59)29-16-11-10-12-17-29)40(54)33-34(41(36)55)39(53)27(6)43-35(33)44(56)47(8,64-43)61-19-18-32(60-9)24(3)42(63-28(7)50)26(5)38(52)25(4)37(22)51/h10-20,22,24-26,31-32,37-38,42,51-55H,21H2,1-9H3,(H,49,57)(H,58,59)/b14-13+,19-18+,23-15+,48-20-. The van der Waals surface area contributed by atoms with Crippen LogP contribution in [0.2, 0.25) is 0 Å². The second kappa shape index (κ2) is 20.0. The zero-order valence-corrected chi connectivity index (χ0v) is 37.1. The lowest BCUT2D eigenvalue weighted by molar-refractivity contribution is -0.160. The molecule has 1 amide bonds. The molecule has 17 nitrogen and oxygen atoms in total. The number of carboxylic acid groups (broad SMARTS) is 1. The molecule has 7 N–H and O–H groups in total. The second-order valence-corrected chi connectivity index (χ2v) is 16.4. The summed E-state index contributed by atoms with van der Waals surface area (Å²) in [6.07, 6.45) is 4.01. The minimum Gasteiger partial charge on any atom is -0.507 e. The lowest BCUT2D eigenvalue weighted by Gasteiger charge is -2.38. The fraction of sp³-hybridized carbons (Fsp3) is 0.426. The minimum atomic E-state index is -2.13. The number of ether oxygens (including phenoxy) is 4. The Morgan fingerprint density at radius 3 is 2.23 bits per heavy atom. The van der Waals surface area contributed by atoms with Gasteiger partial charge in [0, 0.05) is 61.2 Å². The number of phenolic OH excluding ortho intramolecular Hbond substituents is 3. The fourth-order valence-electron chi connectivity index (χ4n) is 8.08. The molecule has 0 saturated heterocycles. The minimum absolute atomic E-state index is 0.0260. The van der Waals surface area contributed by atoms with E-state index in [9.17, 15) is 49.8 Å². The number of carboxylic acids is 1. The van der Waals surface area contributed by atoms with Gasteiger partial charge in [-0.2, -0.15) is 0 Å². The Balaban J connectivity index is 1.68. The van der Waals surface area contributed by atoms with Crippen molar-refractivity contribution in [3.05, 3.63) is 88.7 Å². The van der Waals surface area contributed by atoms with E-state index < -0.39 is 129 Å². The van der Waals surface area contributed by atoms with Gasteiger partial charge in [0.05, 0.1) is 53.0 Å². The van der Waals surface area contributed by atoms with E-state index >= 15 is 0 Å². The van der Waals surface area contributed by atoms with Crippen LogP contribution in [0.3, 0.4) is 0 Å². The van der Waals surface area contributed by atoms with Crippen LogP contribution in [0.25, 0.3) is 10.8 Å². The van der Waals surface area contributed by atoms with Gasteiger partial charge in [-0.1, -0.05) is 81.4 Å². The zero-order chi connectivity index (χ0) is 47.4. The quantitative estimate of drug-likeness (QED) is 0.0452. The lowest BCUT2D eigenvalue weighted by Crippen LogP contribution is -2.46. The topological polar surface area (TPSA) is 260 Å². The van der Waals surface area contributed by atoms with Gasteiger partial charge in [-0.3, -0.25) is 19.2 Å². The van der Waals surface area contributed by atoms with Crippen molar-refractivity contribution in [3.8, 4) is 23.0 Å². The number of ketones is 1. The number of methoxy groups -OCH3 is 1. The third-order valence-electron chi connectivity index (χ3n) is 12.0. The summed E-state index contributed by atoms with van der Waals surface area (Å²) in [6, 6.07) is 8.24. The van der Waals surface area contributed by atoms with Crippen LogP contribution in [0.4, 0.5) is 5.69 Å². The van der Waals surface area contributed by atoms with Crippen LogP contribution in [-0.2, 0) is 33.4 Å². The molecule has 0 fully saturated rings. The molecule has 344 valence electrons. The van der Waals surface area contributed by atoms with E-state index in [4.69, 9.17) is 23.8 Å². The molecule has 3 heterocycles. The number of nitrogens with zero attached hydrogens (tertiary/aromatic N) is 1. The number of anilines is 1. The molecule has 10 unspecified atom stereocenters. The molecule has 0 aromatic heterocycles. The van der Waals surface area contributed by atoms with Crippen LogP contribution in [0.15, 0.2) is 71.6 Å². The van der Waals surface area contributed by atoms with Crippen molar-refractivity contribution in [2.24, 2.45) is 28.8 Å². The highest BCUT2D eigenvalue weighted by Crippen LogP contribution is 2.55. The van der Waals surface area contributed by atoms with Crippen LogP contribution in [0.1, 0.15) is 81.4 Å². The van der Waals surface area contributed by atoms with E-state index in [1.165, 1.54) is 53.0 Å². The fourth-order valence-corrected chi connectivity index (χ4v) is 8.08. The van der Waals surface area contributed by atoms with Gasteiger partial charge in [0.1, 0.15) is 35.9 Å². The monoisotopic (exact) mass is 888 g/mol. The van der Waals surface area contributed by atoms with Crippen LogP contribution >= 0.6 is 0 Å². The number of hydrogen-bond acceptors (Lipinski definition) is 15. The molecule has 3 aromatic carbocycles. The highest BCUT2D eigenvalue weighted by Gasteiger charge is 2.50. The summed E-state index contributed by atoms with van der Waals surface area (Å²) in [5.41, 5.74) is -0.679. The van der Waals surface area contributed by atoms with E-state index in [-0.39, 0.29) is 22.4 Å². The van der Waals surface area contributed by atoms with Gasteiger partial charge in [0.2, 0.25) is 0 Å². The number of rotatable bonds is 8. The molecule has 3 aliphatic heterocycles. The Labute approximate surface area is 370 Å². The van der Waals surface area contributed by atoms with Crippen LogP contribution in [0, 0.1) is 30.6 Å². The number of aliphatic hydroxyl groups is 2. The number of nitrogens with one attached hydrogen (secondary N) is 1. The van der Waals surface area contributed by atoms with Crippen molar-refractivity contribution >= 4 is 46.3 Å². The zero-order valence-electron chi connectivity index (χ0n) is 37.1. The first kappa shape index (κ1) is 48.6. The van der Waals surface area contributed by atoms with Crippen molar-refractivity contribution < 1.29 is 73.6 Å². The molecule has 0 radical (unpaired) electrons. The molecule has 10 atom stereocenters. The van der Waals surface area contributed by atoms with Crippen LogP contribution in [-0.4, -0.2) is 104 Å². The summed E-state index contributed by atoms with van der Waals surface area (Å²) in [7, 11) is 1.40. The number of carbonyl (C=O) groups excluding carboxylic acids is 3. The van der Waals surface area contributed by atoms with Crippen molar-refractivity contribution in [1.29, 1.82) is 0 Å². The maximum absolute atomic E-state index is 14.5. The number of amides is 1. The summed E-state index contributed by atoms with van der Waals surface area (Å²) < 4.78 is 23.5. The summed E-state index contributed by atoms with van der Waals surface area (Å²) in [6.45, 7) is 11.7. The number of fused-ring (bicyclic) bond motifs is 14. The Kier molecular flexibility index (Phi) is 15.2. The first-order valence-electron chi connectivity index (χ1n) is 20.7. The molecule has 5 bridgehead atoms. The van der Waals surface area contributed by atoms with E-state index in [0.717, 1.165) is 12.5 Å². The highest BCUT2D eigenvalue weighted by atomic mass is 16.7. The summed E-state index contributed by atoms with van der Waals surface area (Å²) in [5, 5.41) is 73.9. The number of phenols is 3. The first-order valence-corrected chi connectivity index (χ1v) is 20.7. The molecule has 64 heavy (non-hydrogen) atoms. The van der Waals surface area contributed by atoms with Gasteiger partial charge in [0.25, 0.3) is 11.7 Å². The van der Waals surface area contributed by atoms with Gasteiger partial charge >= 0.3 is 17.7 Å². The number of hydrogen-bond donors (Lipinski definition) is 7. The normalized spacial score (nSPS) is 29.0. The van der Waals surface area contributed by atoms with Crippen molar-refractivity contribution in [1.82, 2.24) is 0 Å². The summed E-state index contributed by atoms with van der Waals surface area (Å²) in [4.78, 5) is 58.1. The Hall–Kier alpha value is -6.43. The average Bonchev–Trinajstić information content (AvgIpc) is 3.52. The van der Waals surface area contributed by atoms with Crippen molar-refractivity contribution in [2.75, 3.05) is 19.0 Å². The lowest BCUT2D eigenvalue weighted by atomic mass is 9.78. The molecule has 0 saturated carbocycles. The van der Waals surface area contributed by atoms with E-state index in [0.29, 0.717) is 5.56 Å². The molecular formula is C47H56N2O15. The van der Waals surface area contributed by atoms with Crippen LogP contribution in [0.5, 0.6) is 23.0 Å². The largest absolute Gasteiger partial charge is 0.507 e. The number of oxime groups is 1. The summed E-state index contributed by atoms with van der Waals surface area (Å²) >= 11 is 0. The molecular weight excluding hydrogens is 833 g/mol. The third kappa shape index (κ3) is 9.71. The van der Waals surface area contributed by atoms with E-state index in [2.05, 4.69) is 10.5 Å². The maximum atomic E-state index is 14.5. The number of aliphatic hydroxyl groups excluding tert-OH is 2. The summed E-state index contributed by atoms with van der Waals surface area (Å²) in [5.74, 6) is -11.8. The molecule has 0 aliphatic carbocycles. The number of Topliss-reactive ketones (excluding diaryl/α,β-unsaturated/α-hetero) is 1. The number of aliphatic carboxylic acids is 1. The highest BCUT2D eigenvalue weighted by molar-refractivity contribution is 6.23. The number of esters is 1. The first-order chi connectivity index (χ1) is 30.2. The Bertz CT molecular complexity index is 2390. The van der Waals surface area contributed by atoms with Gasteiger partial charge in [-0.25, -0.2) is 0 Å². The van der Waals surface area contributed by atoms with Gasteiger partial charge in [-0.05, 0) is 25.5 Å². The van der Waals surface area contributed by atoms with Gasteiger partial charge < -0.3 is 59.7 Å². The molecule has 17 heteroatoms. The molecule has 0 spiro atoms. The smallest absolute Gasteiger partial charge is 0.314 e. The maximum Gasteiger partial charge on any atom is 0.314 e. The molecule has 6 rings (SSSR count). The Morgan fingerprint density at radius 1 is 0.938 bits per heavy atom. The third-order valence-corrected chi connectivity index (χ3v) is 12.0. The predicted octanol–water partition coefficient (Wildman–Crippen LogP) is 5.97. The van der Waals surface area contributed by atoms with E-state index in [1.54, 1.807) is 64.1 Å². The second-order valence-electron chi connectivity index (χ2n) is 16.4. The van der Waals surface area contributed by atoms with Gasteiger partial charge in [0.15, 0.2) is 5.75 Å². The van der Waals surface area contributed by atoms with Crippen molar-refractivity contribution in [3.63, 3.8) is 0 Å². The Morgan fingerprint density at radius 2 is 1.61 bits per heavy atom. The number of benzene rings is 3. The predicted molar refractivity (Wildman–Crippen MR) is 234 cm³/mol. The molecule has 3 aromatic rings. The number of carbonyl (C=O) groups is 4. The van der Waals surface area contributed by atoms with E-state index in [1.807, 2.05) is 0 Å². The van der Waals surface area contributed by atoms with Crippen molar-refractivity contribution in [2.45, 2.75) is 91.5 Å². The average molecular weight is 889 g/mol. The van der Waals surface area contributed by atoms with Crippen LogP contribution < -0.4 is 10.1 Å². The molecule has 3 aliphatic rings. The number of aromatic hydroxyl groups is 3. The number of allylic oxidation sites excluding steroid dienone is 2. The SMILES string of the molecule is COC1/C=C/OC2(C)Oc3c(C)c(O)c4c(O)c(c(/C=N\OCC(C(=O)O)c5ccccc5)c(O)c4c3C2=O)NC(=O)/C(C)=C/C=C/C(C)C(O)C(C)C(O)C(C)C(OC(C)=O)C1C.